The first-order valence-electron chi connectivity index (χ1n) is 11.3. The average Bonchev–Trinajstić information content (AvgIpc) is 2.83. The maximum Gasteiger partial charge on any atom is 0.336 e. The fraction of sp³-hybridized carbons (Fsp3) is 0.360. The Bertz CT molecular complexity index is 1340. The van der Waals surface area contributed by atoms with Crippen LogP contribution in [-0.4, -0.2) is 38.3 Å². The molecule has 1 N–H and O–H groups in total. The van der Waals surface area contributed by atoms with Gasteiger partial charge in [0.2, 0.25) is 10.0 Å². The summed E-state index contributed by atoms with van der Waals surface area (Å²) in [5.74, 6) is -0.00989. The second-order valence-corrected chi connectivity index (χ2v) is 10.6. The molecule has 0 saturated heterocycles. The van der Waals surface area contributed by atoms with Crippen LogP contribution in [0.1, 0.15) is 37.7 Å². The zero-order valence-electron chi connectivity index (χ0n) is 19.2. The van der Waals surface area contributed by atoms with Crippen molar-refractivity contribution in [1.29, 1.82) is 0 Å². The van der Waals surface area contributed by atoms with E-state index >= 15 is 0 Å². The molecular formula is C25H28N2O6S. The third kappa shape index (κ3) is 5.31. The smallest absolute Gasteiger partial charge is 0.336 e. The number of nitrogens with one attached hydrogen (secondary N) is 1. The van der Waals surface area contributed by atoms with Gasteiger partial charge in [0.1, 0.15) is 11.3 Å². The van der Waals surface area contributed by atoms with E-state index in [0.717, 1.165) is 43.1 Å². The number of aryl methyl sites for hydroxylation is 1. The maximum absolute atomic E-state index is 13.0. The molecule has 180 valence electrons. The standard InChI is InChI=1S/C25H28N2O6S/c1-17-14-25(29)33-23-15-20(10-13-22(17)23)32-16-24(28)26-18-8-11-21(12-9-18)34(30,31)27(2)19-6-4-3-5-7-19/h8-15,19H,3-7,16H2,1-2H3,(H,26,28). The highest BCUT2D eigenvalue weighted by molar-refractivity contribution is 7.89. The minimum Gasteiger partial charge on any atom is -0.484 e. The molecule has 0 atom stereocenters. The van der Waals surface area contributed by atoms with E-state index in [-0.39, 0.29) is 17.5 Å². The first-order valence-corrected chi connectivity index (χ1v) is 12.7. The zero-order chi connectivity index (χ0) is 24.3. The Kier molecular flexibility index (Phi) is 7.04. The highest BCUT2D eigenvalue weighted by atomic mass is 32.2. The Morgan fingerprint density at radius 2 is 1.79 bits per heavy atom. The average molecular weight is 485 g/mol. The Hall–Kier alpha value is -3.17. The summed E-state index contributed by atoms with van der Waals surface area (Å²) in [7, 11) is -1.95. The van der Waals surface area contributed by atoms with Crippen LogP contribution in [0.2, 0.25) is 0 Å². The minimum absolute atomic E-state index is 0.0299. The van der Waals surface area contributed by atoms with E-state index < -0.39 is 21.6 Å². The Balaban J connectivity index is 1.36. The van der Waals surface area contributed by atoms with Gasteiger partial charge in [-0.3, -0.25) is 4.79 Å². The van der Waals surface area contributed by atoms with Crippen LogP contribution in [0.15, 0.2) is 62.6 Å². The maximum atomic E-state index is 13.0. The van der Waals surface area contributed by atoms with Crippen LogP contribution >= 0.6 is 0 Å². The van der Waals surface area contributed by atoms with Gasteiger partial charge in [-0.15, -0.1) is 0 Å². The molecule has 0 unspecified atom stereocenters. The number of hydrogen-bond donors (Lipinski definition) is 1. The van der Waals surface area contributed by atoms with Gasteiger partial charge in [0.15, 0.2) is 6.61 Å². The topological polar surface area (TPSA) is 106 Å². The molecule has 1 amide bonds. The van der Waals surface area contributed by atoms with Crippen molar-refractivity contribution in [2.24, 2.45) is 0 Å². The predicted octanol–water partition coefficient (Wildman–Crippen LogP) is 4.07. The monoisotopic (exact) mass is 484 g/mol. The van der Waals surface area contributed by atoms with Crippen LogP contribution in [0.3, 0.4) is 0 Å². The molecule has 1 heterocycles. The normalized spacial score (nSPS) is 14.9. The lowest BCUT2D eigenvalue weighted by atomic mass is 9.96. The number of amides is 1. The van der Waals surface area contributed by atoms with Crippen molar-refractivity contribution in [2.75, 3.05) is 19.0 Å². The molecule has 8 nitrogen and oxygen atoms in total. The molecular weight excluding hydrogens is 456 g/mol. The molecule has 1 fully saturated rings. The number of anilines is 1. The molecule has 1 aromatic heterocycles. The highest BCUT2D eigenvalue weighted by Gasteiger charge is 2.28. The number of hydrogen-bond acceptors (Lipinski definition) is 6. The van der Waals surface area contributed by atoms with Crippen molar-refractivity contribution < 1.29 is 22.4 Å². The van der Waals surface area contributed by atoms with Crippen LogP contribution in [0, 0.1) is 6.92 Å². The predicted molar refractivity (Wildman–Crippen MR) is 130 cm³/mol. The summed E-state index contributed by atoms with van der Waals surface area (Å²) in [6.45, 7) is 1.56. The Morgan fingerprint density at radius 1 is 1.09 bits per heavy atom. The van der Waals surface area contributed by atoms with E-state index in [1.165, 1.54) is 22.5 Å². The van der Waals surface area contributed by atoms with Crippen molar-refractivity contribution in [3.63, 3.8) is 0 Å². The fourth-order valence-electron chi connectivity index (χ4n) is 4.26. The number of rotatable bonds is 7. The van der Waals surface area contributed by atoms with Crippen molar-refractivity contribution >= 4 is 32.6 Å². The number of nitrogens with zero attached hydrogens (tertiary/aromatic N) is 1. The van der Waals surface area contributed by atoms with Gasteiger partial charge < -0.3 is 14.5 Å². The molecule has 9 heteroatoms. The molecule has 4 rings (SSSR count). The van der Waals surface area contributed by atoms with Crippen LogP contribution in [0.5, 0.6) is 5.75 Å². The minimum atomic E-state index is -3.59. The van der Waals surface area contributed by atoms with Gasteiger partial charge in [0, 0.05) is 36.3 Å². The lowest BCUT2D eigenvalue weighted by molar-refractivity contribution is -0.118. The summed E-state index contributed by atoms with van der Waals surface area (Å²) < 4.78 is 38.1. The summed E-state index contributed by atoms with van der Waals surface area (Å²) in [5.41, 5.74) is 1.20. The van der Waals surface area contributed by atoms with Gasteiger partial charge in [0.05, 0.1) is 4.90 Å². The largest absolute Gasteiger partial charge is 0.484 e. The fourth-order valence-corrected chi connectivity index (χ4v) is 5.67. The molecule has 0 aliphatic heterocycles. The van der Waals surface area contributed by atoms with E-state index in [9.17, 15) is 18.0 Å². The molecule has 1 aliphatic carbocycles. The molecule has 34 heavy (non-hydrogen) atoms. The van der Waals surface area contributed by atoms with Crippen molar-refractivity contribution in [3.8, 4) is 5.75 Å². The van der Waals surface area contributed by atoms with Gasteiger partial charge in [-0.1, -0.05) is 19.3 Å². The van der Waals surface area contributed by atoms with Crippen molar-refractivity contribution in [3.05, 3.63) is 64.5 Å². The van der Waals surface area contributed by atoms with Crippen LogP contribution in [-0.2, 0) is 14.8 Å². The lowest BCUT2D eigenvalue weighted by Crippen LogP contribution is -2.38. The quantitative estimate of drug-likeness (QED) is 0.507. The molecule has 1 saturated carbocycles. The van der Waals surface area contributed by atoms with Gasteiger partial charge >= 0.3 is 5.63 Å². The Labute approximate surface area is 198 Å². The second-order valence-electron chi connectivity index (χ2n) is 8.58. The Morgan fingerprint density at radius 3 is 2.50 bits per heavy atom. The van der Waals surface area contributed by atoms with E-state index in [2.05, 4.69) is 5.32 Å². The summed E-state index contributed by atoms with van der Waals surface area (Å²) in [4.78, 5) is 24.1. The molecule has 2 aromatic carbocycles. The number of carbonyl (C=O) groups is 1. The van der Waals surface area contributed by atoms with Crippen molar-refractivity contribution in [2.45, 2.75) is 50.0 Å². The van der Waals surface area contributed by atoms with Crippen molar-refractivity contribution in [1.82, 2.24) is 4.31 Å². The van der Waals surface area contributed by atoms with Gasteiger partial charge in [-0.25, -0.2) is 13.2 Å². The molecule has 0 spiro atoms. The van der Waals surface area contributed by atoms with E-state index in [1.807, 2.05) is 6.92 Å². The SMILES string of the molecule is Cc1cc(=O)oc2cc(OCC(=O)Nc3ccc(S(=O)(=O)N(C)C4CCCCC4)cc3)ccc12. The second kappa shape index (κ2) is 9.99. The summed E-state index contributed by atoms with van der Waals surface area (Å²) in [6.07, 6.45) is 5.01. The first-order chi connectivity index (χ1) is 16.2. The van der Waals surface area contributed by atoms with E-state index in [0.29, 0.717) is 17.0 Å². The van der Waals surface area contributed by atoms with Gasteiger partial charge in [-0.2, -0.15) is 4.31 Å². The highest BCUT2D eigenvalue weighted by Crippen LogP contribution is 2.27. The lowest BCUT2D eigenvalue weighted by Gasteiger charge is -2.30. The number of benzene rings is 2. The van der Waals surface area contributed by atoms with Gasteiger partial charge in [0.25, 0.3) is 5.91 Å². The van der Waals surface area contributed by atoms with E-state index in [1.54, 1.807) is 37.4 Å². The van der Waals surface area contributed by atoms with Gasteiger partial charge in [-0.05, 0) is 61.7 Å². The van der Waals surface area contributed by atoms with Crippen LogP contribution in [0.4, 0.5) is 5.69 Å². The number of fused-ring (bicyclic) bond motifs is 1. The summed E-state index contributed by atoms with van der Waals surface area (Å²) in [5, 5.41) is 3.49. The molecule has 3 aromatic rings. The first kappa shape index (κ1) is 24.0. The third-order valence-electron chi connectivity index (χ3n) is 6.20. The van der Waals surface area contributed by atoms with E-state index in [4.69, 9.17) is 9.15 Å². The van der Waals surface area contributed by atoms with Crippen LogP contribution < -0.4 is 15.7 Å². The number of carbonyl (C=O) groups excluding carboxylic acids is 1. The molecule has 0 bridgehead atoms. The number of sulfonamides is 1. The number of ether oxygens (including phenoxy) is 1. The zero-order valence-corrected chi connectivity index (χ0v) is 20.1. The third-order valence-corrected chi connectivity index (χ3v) is 8.12. The summed E-state index contributed by atoms with van der Waals surface area (Å²) in [6, 6.07) is 12.6. The summed E-state index contributed by atoms with van der Waals surface area (Å²) >= 11 is 0. The van der Waals surface area contributed by atoms with Crippen LogP contribution in [0.25, 0.3) is 11.0 Å². The molecule has 0 radical (unpaired) electrons. The molecule has 1 aliphatic rings.